The molecule has 0 saturated carbocycles. The van der Waals surface area contributed by atoms with Gasteiger partial charge in [-0.05, 0) is 0 Å². The summed E-state index contributed by atoms with van der Waals surface area (Å²) < 4.78 is 40.9. The van der Waals surface area contributed by atoms with Crippen molar-refractivity contribution in [3.8, 4) is 11.3 Å². The number of aromatic nitrogens is 1. The van der Waals surface area contributed by atoms with E-state index in [-0.39, 0.29) is 4.90 Å². The zero-order valence-corrected chi connectivity index (χ0v) is 24.3. The summed E-state index contributed by atoms with van der Waals surface area (Å²) in [6.07, 6.45) is 2.58. The van der Waals surface area contributed by atoms with Gasteiger partial charge in [0.2, 0.25) is 0 Å². The fourth-order valence-electron chi connectivity index (χ4n) is 4.22. The average molecular weight is 618 g/mol. The SMILES string of the molecule is CCCCc1onc(-c2c(C)cc(C)cc2C)c1I(OS(=O)(=O)c1ccc(C)cc1)c1ccccc1. The van der Waals surface area contributed by atoms with Gasteiger partial charge in [-0.2, -0.15) is 0 Å². The molecule has 0 aliphatic rings. The molecule has 0 saturated heterocycles. The van der Waals surface area contributed by atoms with Gasteiger partial charge in [0.15, 0.2) is 0 Å². The van der Waals surface area contributed by atoms with Crippen LogP contribution in [0.25, 0.3) is 11.3 Å². The van der Waals surface area contributed by atoms with Gasteiger partial charge in [0, 0.05) is 0 Å². The maximum atomic E-state index is 13.5. The van der Waals surface area contributed by atoms with Crippen molar-refractivity contribution in [3.63, 3.8) is 0 Å². The first-order valence-electron chi connectivity index (χ1n) is 12.0. The Morgan fingerprint density at radius 1 is 0.889 bits per heavy atom. The number of aryl methyl sites for hydroxylation is 5. The molecule has 1 heterocycles. The zero-order chi connectivity index (χ0) is 25.9. The molecule has 0 N–H and O–H groups in total. The van der Waals surface area contributed by atoms with Crippen LogP contribution < -0.4 is 0 Å². The van der Waals surface area contributed by atoms with Crippen LogP contribution in [0.15, 0.2) is 76.1 Å². The molecule has 0 spiro atoms. The minimum atomic E-state index is -4.01. The molecule has 190 valence electrons. The summed E-state index contributed by atoms with van der Waals surface area (Å²) in [6.45, 7) is 10.2. The number of hydrogen-bond acceptors (Lipinski definition) is 5. The van der Waals surface area contributed by atoms with Crippen molar-refractivity contribution in [2.45, 2.75) is 58.8 Å². The Bertz CT molecular complexity index is 1420. The van der Waals surface area contributed by atoms with Gasteiger partial charge in [0.05, 0.1) is 0 Å². The van der Waals surface area contributed by atoms with Crippen molar-refractivity contribution in [1.29, 1.82) is 0 Å². The van der Waals surface area contributed by atoms with Gasteiger partial charge in [-0.25, -0.2) is 0 Å². The van der Waals surface area contributed by atoms with Crippen LogP contribution in [0.2, 0.25) is 0 Å². The van der Waals surface area contributed by atoms with Crippen molar-refractivity contribution in [2.75, 3.05) is 0 Å². The molecule has 1 aromatic heterocycles. The molecule has 0 atom stereocenters. The third-order valence-electron chi connectivity index (χ3n) is 5.93. The number of rotatable bonds is 9. The van der Waals surface area contributed by atoms with Crippen LogP contribution in [-0.4, -0.2) is 13.6 Å². The number of halogens is 1. The number of benzene rings is 3. The van der Waals surface area contributed by atoms with Crippen LogP contribution in [0.3, 0.4) is 0 Å². The van der Waals surface area contributed by atoms with Gasteiger partial charge in [0.25, 0.3) is 0 Å². The Morgan fingerprint density at radius 3 is 2.14 bits per heavy atom. The van der Waals surface area contributed by atoms with Gasteiger partial charge < -0.3 is 0 Å². The Labute approximate surface area is 221 Å². The first kappa shape index (κ1) is 26.6. The van der Waals surface area contributed by atoms with Gasteiger partial charge in [-0.15, -0.1) is 0 Å². The molecule has 4 rings (SSSR count). The molecule has 7 heteroatoms. The van der Waals surface area contributed by atoms with E-state index in [2.05, 4.69) is 45.0 Å². The van der Waals surface area contributed by atoms with Gasteiger partial charge in [-0.3, -0.25) is 0 Å². The van der Waals surface area contributed by atoms with E-state index >= 15 is 0 Å². The predicted octanol–water partition coefficient (Wildman–Crippen LogP) is 7.78. The Balaban J connectivity index is 1.93. The van der Waals surface area contributed by atoms with E-state index in [1.54, 1.807) is 24.3 Å². The fourth-order valence-corrected chi connectivity index (χ4v) is 11.7. The normalized spacial score (nSPS) is 12.1. The molecule has 0 fully saturated rings. The number of nitrogens with zero attached hydrogens (tertiary/aromatic N) is 1. The zero-order valence-electron chi connectivity index (χ0n) is 21.3. The fraction of sp³-hybridized carbons (Fsp3) is 0.276. The molecule has 3 aromatic carbocycles. The van der Waals surface area contributed by atoms with E-state index in [0.29, 0.717) is 12.1 Å². The third-order valence-corrected chi connectivity index (χ3v) is 13.5. The summed E-state index contributed by atoms with van der Waals surface area (Å²) in [6, 6.07) is 20.7. The first-order chi connectivity index (χ1) is 17.2. The van der Waals surface area contributed by atoms with E-state index in [4.69, 9.17) is 7.04 Å². The van der Waals surface area contributed by atoms with Crippen LogP contribution in [-0.2, 0) is 19.1 Å². The summed E-state index contributed by atoms with van der Waals surface area (Å²) in [4.78, 5) is 0.155. The molecule has 0 radical (unpaired) electrons. The molecule has 0 bridgehead atoms. The van der Waals surface area contributed by atoms with E-state index < -0.39 is 30.4 Å². The van der Waals surface area contributed by atoms with Crippen molar-refractivity contribution >= 4 is 30.4 Å². The van der Waals surface area contributed by atoms with Crippen LogP contribution in [0.5, 0.6) is 0 Å². The van der Waals surface area contributed by atoms with Crippen LogP contribution >= 0.6 is 20.2 Å². The van der Waals surface area contributed by atoms with E-state index in [0.717, 1.165) is 48.0 Å². The van der Waals surface area contributed by atoms with E-state index in [1.807, 2.05) is 37.3 Å². The Morgan fingerprint density at radius 2 is 1.53 bits per heavy atom. The number of unbranched alkanes of at least 4 members (excludes halogenated alkanes) is 1. The molecule has 0 aliphatic heterocycles. The summed E-state index contributed by atoms with van der Waals surface area (Å²) >= 11 is -3.04. The van der Waals surface area contributed by atoms with Gasteiger partial charge >= 0.3 is 223 Å². The standard InChI is InChI=1S/C29H32INO4S/c1-6-7-13-26-28(29(31-34-26)27-22(4)18-21(3)19-23(27)5)30(24-11-9-8-10-12-24)35-36(32,33)25-16-14-20(2)15-17-25/h8-12,14-19H,6-7,13H2,1-5H3. The average Bonchev–Trinajstić information content (AvgIpc) is 3.24. The molecule has 5 nitrogen and oxygen atoms in total. The Hall–Kier alpha value is -2.49. The minimum absolute atomic E-state index is 0.155. The summed E-state index contributed by atoms with van der Waals surface area (Å²) in [7, 11) is -4.01. The molecular formula is C29H32INO4S. The molecule has 0 unspecified atom stereocenters. The van der Waals surface area contributed by atoms with Crippen molar-refractivity contribution in [2.24, 2.45) is 0 Å². The van der Waals surface area contributed by atoms with Crippen LogP contribution in [0, 0.1) is 34.8 Å². The number of hydrogen-bond donors (Lipinski definition) is 0. The molecule has 0 aliphatic carbocycles. The second-order valence-corrected chi connectivity index (χ2v) is 15.3. The topological polar surface area (TPSA) is 69.4 Å². The van der Waals surface area contributed by atoms with Crippen molar-refractivity contribution in [1.82, 2.24) is 5.16 Å². The summed E-state index contributed by atoms with van der Waals surface area (Å²) in [5.74, 6) is 0.722. The van der Waals surface area contributed by atoms with Crippen LogP contribution in [0.4, 0.5) is 0 Å². The molecule has 0 amide bonds. The summed E-state index contributed by atoms with van der Waals surface area (Å²) in [5.41, 5.74) is 5.99. The van der Waals surface area contributed by atoms with Gasteiger partial charge in [-0.1, -0.05) is 0 Å². The Kier molecular flexibility index (Phi) is 8.32. The predicted molar refractivity (Wildman–Crippen MR) is 152 cm³/mol. The van der Waals surface area contributed by atoms with Crippen molar-refractivity contribution < 1.29 is 15.5 Å². The molecular weight excluding hydrogens is 585 g/mol. The quantitative estimate of drug-likeness (QED) is 0.180. The maximum absolute atomic E-state index is 13.5. The van der Waals surface area contributed by atoms with Crippen molar-refractivity contribution in [3.05, 3.63) is 102 Å². The van der Waals surface area contributed by atoms with Crippen LogP contribution in [0.1, 0.15) is 47.8 Å². The van der Waals surface area contributed by atoms with E-state index in [1.165, 1.54) is 5.56 Å². The second-order valence-electron chi connectivity index (χ2n) is 9.02. The molecule has 4 aromatic rings. The molecule has 36 heavy (non-hydrogen) atoms. The first-order valence-corrected chi connectivity index (χ1v) is 16.5. The monoisotopic (exact) mass is 617 g/mol. The second kappa shape index (κ2) is 11.3. The van der Waals surface area contributed by atoms with E-state index in [9.17, 15) is 8.42 Å². The summed E-state index contributed by atoms with van der Waals surface area (Å²) in [5, 5.41) is 4.54. The van der Waals surface area contributed by atoms with Gasteiger partial charge in [0.1, 0.15) is 0 Å². The third kappa shape index (κ3) is 5.74.